The van der Waals surface area contributed by atoms with E-state index in [1.165, 1.54) is 55.0 Å². The van der Waals surface area contributed by atoms with Crippen molar-refractivity contribution in [2.45, 2.75) is 56.4 Å². The van der Waals surface area contributed by atoms with Gasteiger partial charge < -0.3 is 4.98 Å². The minimum absolute atomic E-state index is 0.166. The minimum atomic E-state index is 0.166. The molecule has 2 nitrogen and oxygen atoms in total. The zero-order valence-corrected chi connectivity index (χ0v) is 17.5. The highest BCUT2D eigenvalue weighted by atomic mass is 15.1. The Hall–Kier alpha value is -2.06. The molecule has 1 heterocycles. The maximum atomic E-state index is 3.88. The quantitative estimate of drug-likeness (QED) is 0.583. The first-order valence-corrected chi connectivity index (χ1v) is 10.9. The molecular formula is C26H32N2. The Balaban J connectivity index is 1.56. The fourth-order valence-electron chi connectivity index (χ4n) is 6.39. The van der Waals surface area contributed by atoms with Gasteiger partial charge in [0.15, 0.2) is 0 Å². The van der Waals surface area contributed by atoms with Crippen molar-refractivity contribution in [3.8, 4) is 0 Å². The van der Waals surface area contributed by atoms with Crippen LogP contribution in [-0.2, 0) is 17.4 Å². The minimum Gasteiger partial charge on any atom is -0.358 e. The van der Waals surface area contributed by atoms with Crippen molar-refractivity contribution in [2.24, 2.45) is 5.92 Å². The molecule has 2 aliphatic carbocycles. The molecule has 1 fully saturated rings. The van der Waals surface area contributed by atoms with Gasteiger partial charge in [-0.3, -0.25) is 4.90 Å². The number of H-pyrrole nitrogens is 1. The molecule has 0 unspecified atom stereocenters. The lowest BCUT2D eigenvalue weighted by atomic mass is 9.58. The van der Waals surface area contributed by atoms with Crippen LogP contribution in [0, 0.1) is 5.92 Å². The van der Waals surface area contributed by atoms with Gasteiger partial charge in [-0.2, -0.15) is 0 Å². The van der Waals surface area contributed by atoms with Crippen LogP contribution in [0.25, 0.3) is 10.9 Å². The van der Waals surface area contributed by atoms with E-state index in [9.17, 15) is 0 Å². The summed E-state index contributed by atoms with van der Waals surface area (Å²) in [7, 11) is 4.53. The normalized spacial score (nSPS) is 30.1. The van der Waals surface area contributed by atoms with Crippen LogP contribution in [0.4, 0.5) is 0 Å². The summed E-state index contributed by atoms with van der Waals surface area (Å²) in [6.45, 7) is 2.46. The first-order valence-electron chi connectivity index (χ1n) is 10.9. The molecule has 146 valence electrons. The van der Waals surface area contributed by atoms with Gasteiger partial charge in [0.25, 0.3) is 0 Å². The van der Waals surface area contributed by atoms with E-state index in [2.05, 4.69) is 85.5 Å². The molecule has 1 N–H and O–H groups in total. The van der Waals surface area contributed by atoms with E-state index in [1.54, 1.807) is 11.3 Å². The monoisotopic (exact) mass is 372 g/mol. The highest BCUT2D eigenvalue weighted by Gasteiger charge is 2.49. The lowest BCUT2D eigenvalue weighted by molar-refractivity contribution is 0.0526. The molecule has 2 aromatic carbocycles. The summed E-state index contributed by atoms with van der Waals surface area (Å²) in [5.41, 5.74) is 6.46. The van der Waals surface area contributed by atoms with Gasteiger partial charge in [0.1, 0.15) is 0 Å². The van der Waals surface area contributed by atoms with Gasteiger partial charge in [-0.1, -0.05) is 55.5 Å². The number of benzene rings is 2. The Kier molecular flexibility index (Phi) is 4.17. The van der Waals surface area contributed by atoms with E-state index in [4.69, 9.17) is 0 Å². The summed E-state index contributed by atoms with van der Waals surface area (Å²) in [4.78, 5) is 6.36. The predicted octanol–water partition coefficient (Wildman–Crippen LogP) is 6.02. The number of fused-ring (bicyclic) bond motifs is 4. The van der Waals surface area contributed by atoms with E-state index in [-0.39, 0.29) is 5.54 Å². The number of rotatable bonds is 2. The maximum Gasteiger partial charge on any atom is 0.0459 e. The summed E-state index contributed by atoms with van der Waals surface area (Å²) >= 11 is 0. The van der Waals surface area contributed by atoms with Crippen molar-refractivity contribution in [1.29, 1.82) is 0 Å². The molecule has 1 saturated carbocycles. The second-order valence-corrected chi connectivity index (χ2v) is 9.61. The third-order valence-corrected chi connectivity index (χ3v) is 7.84. The van der Waals surface area contributed by atoms with Gasteiger partial charge in [0.05, 0.1) is 0 Å². The van der Waals surface area contributed by atoms with Gasteiger partial charge in [-0.05, 0) is 75.7 Å². The number of nitrogens with one attached hydrogen (secondary N) is 1. The van der Waals surface area contributed by atoms with Crippen LogP contribution in [-0.4, -0.2) is 24.0 Å². The molecule has 0 radical (unpaired) electrons. The molecule has 2 aliphatic rings. The Labute approximate surface area is 169 Å². The Morgan fingerprint density at radius 3 is 2.29 bits per heavy atom. The van der Waals surface area contributed by atoms with Gasteiger partial charge in [0, 0.05) is 27.6 Å². The summed E-state index contributed by atoms with van der Waals surface area (Å²) < 4.78 is 0. The molecular weight excluding hydrogens is 340 g/mol. The smallest absolute Gasteiger partial charge is 0.0459 e. The number of hydrogen-bond acceptors (Lipinski definition) is 1. The number of nitrogens with zero attached hydrogens (tertiary/aromatic N) is 1. The average Bonchev–Trinajstić information content (AvgIpc) is 3.09. The lowest BCUT2D eigenvalue weighted by Gasteiger charge is -2.52. The molecule has 1 atom stereocenters. The van der Waals surface area contributed by atoms with Crippen molar-refractivity contribution in [1.82, 2.24) is 9.88 Å². The summed E-state index contributed by atoms with van der Waals surface area (Å²) in [6.07, 6.45) is 7.54. The van der Waals surface area contributed by atoms with Gasteiger partial charge in [-0.15, -0.1) is 0 Å². The Morgan fingerprint density at radius 2 is 1.57 bits per heavy atom. The van der Waals surface area contributed by atoms with Gasteiger partial charge >= 0.3 is 0 Å². The third-order valence-electron chi connectivity index (χ3n) is 7.84. The zero-order valence-electron chi connectivity index (χ0n) is 17.5. The Morgan fingerprint density at radius 1 is 0.893 bits per heavy atom. The van der Waals surface area contributed by atoms with Gasteiger partial charge in [-0.25, -0.2) is 0 Å². The van der Waals surface area contributed by atoms with Crippen LogP contribution < -0.4 is 0 Å². The third kappa shape index (κ3) is 2.58. The number of aromatic nitrogens is 1. The fourth-order valence-corrected chi connectivity index (χ4v) is 6.39. The average molecular weight is 373 g/mol. The highest BCUT2D eigenvalue weighted by Crippen LogP contribution is 2.55. The molecule has 1 spiro atoms. The molecule has 0 aliphatic heterocycles. The molecule has 0 bridgehead atoms. The largest absolute Gasteiger partial charge is 0.358 e. The van der Waals surface area contributed by atoms with E-state index in [0.717, 1.165) is 5.92 Å². The fraction of sp³-hybridized carbons (Fsp3) is 0.462. The van der Waals surface area contributed by atoms with E-state index >= 15 is 0 Å². The van der Waals surface area contributed by atoms with Crippen LogP contribution in [0.1, 0.15) is 55.8 Å². The van der Waals surface area contributed by atoms with Crippen LogP contribution in [0.3, 0.4) is 0 Å². The second kappa shape index (κ2) is 6.49. The Bertz CT molecular complexity index is 974. The lowest BCUT2D eigenvalue weighted by Crippen LogP contribution is -2.49. The second-order valence-electron chi connectivity index (χ2n) is 9.61. The molecule has 3 aromatic rings. The van der Waals surface area contributed by atoms with Crippen LogP contribution in [0.2, 0.25) is 0 Å². The number of hydrogen-bond donors (Lipinski definition) is 1. The van der Waals surface area contributed by atoms with Gasteiger partial charge in [0.2, 0.25) is 0 Å². The SMILES string of the molecule is C[C@@H]1Cc2c([nH]c3ccccc23)C2(CCC(c3ccccc3)(N(C)C)CC2)C1. The maximum absolute atomic E-state index is 3.88. The van der Waals surface area contributed by atoms with Crippen molar-refractivity contribution in [3.05, 3.63) is 71.4 Å². The number of aromatic amines is 1. The first-order chi connectivity index (χ1) is 13.5. The predicted molar refractivity (Wildman–Crippen MR) is 118 cm³/mol. The van der Waals surface area contributed by atoms with Crippen LogP contribution >= 0.6 is 0 Å². The standard InChI is InChI=1S/C26H32N2/c1-19-17-22-21-11-7-8-12-23(21)27-24(22)25(18-19)13-15-26(16-14-25,28(2)3)20-9-5-4-6-10-20/h4-12,19,27H,13-18H2,1-3H3/t19-,25?,26?/m1/s1. The summed E-state index contributed by atoms with van der Waals surface area (Å²) in [5, 5.41) is 1.45. The molecule has 0 amide bonds. The van der Waals surface area contributed by atoms with Crippen molar-refractivity contribution in [2.75, 3.05) is 14.1 Å². The summed E-state index contributed by atoms with van der Waals surface area (Å²) in [5.74, 6) is 0.760. The number of para-hydroxylation sites is 1. The molecule has 1 aromatic heterocycles. The topological polar surface area (TPSA) is 19.0 Å². The van der Waals surface area contributed by atoms with Crippen molar-refractivity contribution in [3.63, 3.8) is 0 Å². The first kappa shape index (κ1) is 18.0. The molecule has 0 saturated heterocycles. The van der Waals surface area contributed by atoms with E-state index in [1.807, 2.05) is 0 Å². The highest BCUT2D eigenvalue weighted by molar-refractivity contribution is 5.85. The molecule has 28 heavy (non-hydrogen) atoms. The van der Waals surface area contributed by atoms with Crippen molar-refractivity contribution < 1.29 is 0 Å². The molecule has 5 rings (SSSR count). The van der Waals surface area contributed by atoms with Crippen LogP contribution in [0.15, 0.2) is 54.6 Å². The van der Waals surface area contributed by atoms with E-state index < -0.39 is 0 Å². The van der Waals surface area contributed by atoms with Crippen molar-refractivity contribution >= 4 is 10.9 Å². The molecule has 2 heteroatoms. The summed E-state index contributed by atoms with van der Waals surface area (Å²) in [6, 6.07) is 20.1. The zero-order chi connectivity index (χ0) is 19.4. The van der Waals surface area contributed by atoms with E-state index in [0.29, 0.717) is 5.41 Å². The van der Waals surface area contributed by atoms with Crippen LogP contribution in [0.5, 0.6) is 0 Å².